The van der Waals surface area contributed by atoms with Gasteiger partial charge >= 0.3 is 6.18 Å². The molecule has 0 amide bonds. The second-order valence-corrected chi connectivity index (χ2v) is 6.13. The highest BCUT2D eigenvalue weighted by Gasteiger charge is 2.29. The van der Waals surface area contributed by atoms with E-state index < -0.39 is 11.7 Å². The lowest BCUT2D eigenvalue weighted by molar-refractivity contribution is -0.137. The van der Waals surface area contributed by atoms with Gasteiger partial charge in [-0.25, -0.2) is 9.97 Å². The van der Waals surface area contributed by atoms with E-state index in [9.17, 15) is 13.2 Å². The Morgan fingerprint density at radius 2 is 1.52 bits per heavy atom. The number of hydrogen-bond donors (Lipinski definition) is 3. The number of benzene rings is 2. The molecular formula is C19H18F3N5. The first-order valence-electron chi connectivity index (χ1n) is 8.13. The van der Waals surface area contributed by atoms with Crippen LogP contribution in [-0.2, 0) is 6.18 Å². The van der Waals surface area contributed by atoms with Crippen molar-refractivity contribution in [3.63, 3.8) is 0 Å². The lowest BCUT2D eigenvalue weighted by atomic mass is 10.1. The molecule has 0 atom stereocenters. The first-order valence-corrected chi connectivity index (χ1v) is 8.13. The highest BCUT2D eigenvalue weighted by Crippen LogP contribution is 2.32. The van der Waals surface area contributed by atoms with Crippen LogP contribution in [0, 0.1) is 13.8 Å². The Bertz CT molecular complexity index is 953. The number of nitrogens with zero attached hydrogens (tertiary/aromatic N) is 2. The second kappa shape index (κ2) is 7.14. The van der Waals surface area contributed by atoms with Gasteiger partial charge in [0.1, 0.15) is 12.0 Å². The Hall–Kier alpha value is -3.29. The Morgan fingerprint density at radius 3 is 2.15 bits per heavy atom. The maximum Gasteiger partial charge on any atom is 0.416 e. The van der Waals surface area contributed by atoms with Crippen LogP contribution in [0.25, 0.3) is 0 Å². The van der Waals surface area contributed by atoms with Crippen molar-refractivity contribution in [1.82, 2.24) is 9.97 Å². The molecule has 0 saturated carbocycles. The van der Waals surface area contributed by atoms with E-state index in [-0.39, 0.29) is 5.69 Å². The van der Waals surface area contributed by atoms with Gasteiger partial charge in [-0.3, -0.25) is 0 Å². The third kappa shape index (κ3) is 4.28. The van der Waals surface area contributed by atoms with E-state index in [1.807, 2.05) is 32.0 Å². The molecule has 1 aromatic heterocycles. The lowest BCUT2D eigenvalue weighted by Gasteiger charge is -2.14. The van der Waals surface area contributed by atoms with Crippen LogP contribution in [0.5, 0.6) is 0 Å². The normalized spacial score (nSPS) is 11.3. The average Bonchev–Trinajstić information content (AvgIpc) is 2.61. The number of nitrogens with two attached hydrogens (primary N) is 1. The fourth-order valence-corrected chi connectivity index (χ4v) is 2.47. The van der Waals surface area contributed by atoms with E-state index in [4.69, 9.17) is 5.73 Å². The van der Waals surface area contributed by atoms with Gasteiger partial charge in [0.05, 0.1) is 5.56 Å². The molecule has 1 heterocycles. The van der Waals surface area contributed by atoms with Gasteiger partial charge in [-0.15, -0.1) is 0 Å². The zero-order valence-corrected chi connectivity index (χ0v) is 14.7. The van der Waals surface area contributed by atoms with Gasteiger partial charge in [-0.05, 0) is 55.3 Å². The van der Waals surface area contributed by atoms with Gasteiger partial charge < -0.3 is 16.4 Å². The van der Waals surface area contributed by atoms with Crippen LogP contribution in [-0.4, -0.2) is 9.97 Å². The van der Waals surface area contributed by atoms with E-state index in [0.717, 1.165) is 28.9 Å². The number of aryl methyl sites for hydroxylation is 2. The van der Waals surface area contributed by atoms with Crippen molar-refractivity contribution in [2.24, 2.45) is 0 Å². The van der Waals surface area contributed by atoms with Crippen LogP contribution in [0.4, 0.5) is 41.9 Å². The molecule has 3 rings (SSSR count). The third-order valence-corrected chi connectivity index (χ3v) is 4.01. The summed E-state index contributed by atoms with van der Waals surface area (Å²) in [6.45, 7) is 3.94. The molecule has 3 aromatic rings. The SMILES string of the molecule is Cc1ccc(C)c(Nc2ncnc(Nc3ccc(C(F)(F)F)cc3)c2N)c1. The van der Waals surface area contributed by atoms with Gasteiger partial charge in [0.15, 0.2) is 11.6 Å². The van der Waals surface area contributed by atoms with Gasteiger partial charge in [-0.1, -0.05) is 12.1 Å². The van der Waals surface area contributed by atoms with Crippen molar-refractivity contribution < 1.29 is 13.2 Å². The molecule has 0 spiro atoms. The Balaban J connectivity index is 1.84. The van der Waals surface area contributed by atoms with Gasteiger partial charge in [0, 0.05) is 11.4 Å². The molecule has 140 valence electrons. The molecule has 0 aliphatic carbocycles. The number of nitrogen functional groups attached to an aromatic ring is 1. The Morgan fingerprint density at radius 1 is 0.889 bits per heavy atom. The summed E-state index contributed by atoms with van der Waals surface area (Å²) in [5.74, 6) is 0.714. The molecular weight excluding hydrogens is 355 g/mol. The number of nitrogens with one attached hydrogen (secondary N) is 2. The fourth-order valence-electron chi connectivity index (χ4n) is 2.47. The summed E-state index contributed by atoms with van der Waals surface area (Å²) < 4.78 is 38.0. The minimum atomic E-state index is -4.38. The zero-order valence-electron chi connectivity index (χ0n) is 14.7. The summed E-state index contributed by atoms with van der Waals surface area (Å²) >= 11 is 0. The number of aromatic nitrogens is 2. The van der Waals surface area contributed by atoms with Crippen molar-refractivity contribution in [2.45, 2.75) is 20.0 Å². The summed E-state index contributed by atoms with van der Waals surface area (Å²) in [5, 5.41) is 6.09. The van der Waals surface area contributed by atoms with E-state index in [0.29, 0.717) is 17.3 Å². The number of alkyl halides is 3. The molecule has 0 fully saturated rings. The molecule has 0 aliphatic heterocycles. The minimum Gasteiger partial charge on any atom is -0.393 e. The van der Waals surface area contributed by atoms with Crippen LogP contribution >= 0.6 is 0 Å². The summed E-state index contributed by atoms with van der Waals surface area (Å²) in [5.41, 5.74) is 9.08. The van der Waals surface area contributed by atoms with Crippen LogP contribution in [0.3, 0.4) is 0 Å². The van der Waals surface area contributed by atoms with Crippen molar-refractivity contribution >= 4 is 28.7 Å². The third-order valence-electron chi connectivity index (χ3n) is 4.01. The van der Waals surface area contributed by atoms with Crippen LogP contribution in [0.1, 0.15) is 16.7 Å². The molecule has 0 unspecified atom stereocenters. The highest BCUT2D eigenvalue weighted by molar-refractivity contribution is 5.80. The van der Waals surface area contributed by atoms with Gasteiger partial charge in [-0.2, -0.15) is 13.2 Å². The predicted molar refractivity (Wildman–Crippen MR) is 100 cm³/mol. The second-order valence-electron chi connectivity index (χ2n) is 6.13. The molecule has 0 aliphatic rings. The van der Waals surface area contributed by atoms with Crippen molar-refractivity contribution in [3.8, 4) is 0 Å². The maximum absolute atomic E-state index is 12.7. The van der Waals surface area contributed by atoms with Gasteiger partial charge in [0.25, 0.3) is 0 Å². The lowest BCUT2D eigenvalue weighted by Crippen LogP contribution is -2.07. The summed E-state index contributed by atoms with van der Waals surface area (Å²) in [6.07, 6.45) is -3.05. The van der Waals surface area contributed by atoms with Crippen molar-refractivity contribution in [1.29, 1.82) is 0 Å². The van der Waals surface area contributed by atoms with Gasteiger partial charge in [0.2, 0.25) is 0 Å². The van der Waals surface area contributed by atoms with E-state index in [1.54, 1.807) is 0 Å². The number of halogens is 3. The molecule has 0 radical (unpaired) electrons. The predicted octanol–water partition coefficient (Wildman–Crippen LogP) is 5.18. The molecule has 0 bridgehead atoms. The first-order chi connectivity index (χ1) is 12.7. The monoisotopic (exact) mass is 373 g/mol. The Labute approximate surface area is 154 Å². The zero-order chi connectivity index (χ0) is 19.6. The highest BCUT2D eigenvalue weighted by atomic mass is 19.4. The Kier molecular flexibility index (Phi) is 4.89. The quantitative estimate of drug-likeness (QED) is 0.587. The van der Waals surface area contributed by atoms with Crippen LogP contribution in [0.15, 0.2) is 48.8 Å². The van der Waals surface area contributed by atoms with Crippen LogP contribution in [0.2, 0.25) is 0 Å². The molecule has 27 heavy (non-hydrogen) atoms. The smallest absolute Gasteiger partial charge is 0.393 e. The minimum absolute atomic E-state index is 0.262. The fraction of sp³-hybridized carbons (Fsp3) is 0.158. The molecule has 0 saturated heterocycles. The molecule has 4 N–H and O–H groups in total. The van der Waals surface area contributed by atoms with E-state index >= 15 is 0 Å². The van der Waals surface area contributed by atoms with Crippen molar-refractivity contribution in [2.75, 3.05) is 16.4 Å². The summed E-state index contributed by atoms with van der Waals surface area (Å²) in [4.78, 5) is 8.23. The number of anilines is 5. The molecule has 2 aromatic carbocycles. The van der Waals surface area contributed by atoms with E-state index in [1.165, 1.54) is 18.5 Å². The summed E-state index contributed by atoms with van der Waals surface area (Å²) in [6, 6.07) is 10.6. The molecule has 5 nitrogen and oxygen atoms in total. The first kappa shape index (κ1) is 18.5. The average molecular weight is 373 g/mol. The standard InChI is InChI=1S/C19H18F3N5/c1-11-3-4-12(2)15(9-11)27-18-16(23)17(24-10-25-18)26-14-7-5-13(6-8-14)19(20,21)22/h3-10H,23H2,1-2H3,(H2,24,25,26,27). The summed E-state index contributed by atoms with van der Waals surface area (Å²) in [7, 11) is 0. The van der Waals surface area contributed by atoms with E-state index in [2.05, 4.69) is 20.6 Å². The largest absolute Gasteiger partial charge is 0.416 e. The van der Waals surface area contributed by atoms with Crippen molar-refractivity contribution in [3.05, 3.63) is 65.5 Å². The maximum atomic E-state index is 12.7. The van der Waals surface area contributed by atoms with Crippen LogP contribution < -0.4 is 16.4 Å². The number of rotatable bonds is 4. The topological polar surface area (TPSA) is 75.9 Å². The molecule has 8 heteroatoms. The number of hydrogen-bond acceptors (Lipinski definition) is 5.